The zero-order valence-electron chi connectivity index (χ0n) is 8.21. The van der Waals surface area contributed by atoms with E-state index in [-0.39, 0.29) is 0 Å². The molecule has 13 heavy (non-hydrogen) atoms. The highest BCUT2D eigenvalue weighted by Gasteiger charge is 1.94. The Morgan fingerprint density at radius 2 is 2.31 bits per heavy atom. The van der Waals surface area contributed by atoms with Gasteiger partial charge >= 0.3 is 0 Å². The summed E-state index contributed by atoms with van der Waals surface area (Å²) < 4.78 is 5.24. The maximum absolute atomic E-state index is 5.24. The van der Waals surface area contributed by atoms with Crippen LogP contribution in [0.3, 0.4) is 0 Å². The van der Waals surface area contributed by atoms with Crippen LogP contribution in [0.5, 0.6) is 0 Å². The second-order valence-corrected chi connectivity index (χ2v) is 2.83. The van der Waals surface area contributed by atoms with Crippen LogP contribution in [-0.4, -0.2) is 18.6 Å². The zero-order chi connectivity index (χ0) is 9.52. The van der Waals surface area contributed by atoms with Crippen LogP contribution in [0.2, 0.25) is 0 Å². The molecule has 1 aromatic heterocycles. The molecule has 1 heterocycles. The van der Waals surface area contributed by atoms with Gasteiger partial charge in [-0.1, -0.05) is 6.07 Å². The van der Waals surface area contributed by atoms with Crippen molar-refractivity contribution in [1.82, 2.24) is 10.3 Å². The highest BCUT2D eigenvalue weighted by molar-refractivity contribution is 5.13. The summed E-state index contributed by atoms with van der Waals surface area (Å²) in [4.78, 5) is 4.27. The van der Waals surface area contributed by atoms with Crippen molar-refractivity contribution < 1.29 is 4.74 Å². The van der Waals surface area contributed by atoms with Gasteiger partial charge in [-0.15, -0.1) is 0 Å². The van der Waals surface area contributed by atoms with Crippen molar-refractivity contribution >= 4 is 0 Å². The van der Waals surface area contributed by atoms with E-state index in [1.54, 1.807) is 0 Å². The predicted molar refractivity (Wildman–Crippen MR) is 52.3 cm³/mol. The van der Waals surface area contributed by atoms with Crippen molar-refractivity contribution in [3.05, 3.63) is 29.6 Å². The topological polar surface area (TPSA) is 34.1 Å². The van der Waals surface area contributed by atoms with Crippen molar-refractivity contribution in [3.8, 4) is 0 Å². The summed E-state index contributed by atoms with van der Waals surface area (Å²) in [7, 11) is 1.92. The van der Waals surface area contributed by atoms with Crippen molar-refractivity contribution in [2.75, 3.05) is 13.7 Å². The fourth-order valence-electron chi connectivity index (χ4n) is 1.06. The van der Waals surface area contributed by atoms with Crippen LogP contribution in [0, 0.1) is 0 Å². The number of hydrogen-bond donors (Lipinski definition) is 1. The van der Waals surface area contributed by atoms with E-state index < -0.39 is 0 Å². The first kappa shape index (κ1) is 10.2. The molecule has 1 aromatic rings. The Bertz CT molecular complexity index is 233. The third kappa shape index (κ3) is 3.53. The average Bonchev–Trinajstić information content (AvgIpc) is 2.17. The number of hydrogen-bond acceptors (Lipinski definition) is 3. The van der Waals surface area contributed by atoms with E-state index in [0.717, 1.165) is 18.8 Å². The van der Waals surface area contributed by atoms with Gasteiger partial charge in [-0.25, -0.2) is 0 Å². The molecule has 0 unspecified atom stereocenters. The van der Waals surface area contributed by atoms with Gasteiger partial charge in [0, 0.05) is 19.3 Å². The van der Waals surface area contributed by atoms with Gasteiger partial charge in [0.25, 0.3) is 0 Å². The first-order valence-electron chi connectivity index (χ1n) is 4.53. The highest BCUT2D eigenvalue weighted by Crippen LogP contribution is 2.01. The largest absolute Gasteiger partial charge is 0.375 e. The lowest BCUT2D eigenvalue weighted by Gasteiger charge is -2.02. The van der Waals surface area contributed by atoms with Crippen molar-refractivity contribution in [2.45, 2.75) is 20.1 Å². The number of aromatic nitrogens is 1. The van der Waals surface area contributed by atoms with E-state index in [4.69, 9.17) is 4.74 Å². The monoisotopic (exact) mass is 180 g/mol. The van der Waals surface area contributed by atoms with Gasteiger partial charge in [-0.3, -0.25) is 4.98 Å². The van der Waals surface area contributed by atoms with Gasteiger partial charge in [0.2, 0.25) is 0 Å². The third-order valence-corrected chi connectivity index (χ3v) is 1.72. The maximum Gasteiger partial charge on any atom is 0.0887 e. The number of pyridine rings is 1. The van der Waals surface area contributed by atoms with Crippen LogP contribution < -0.4 is 5.32 Å². The zero-order valence-corrected chi connectivity index (χ0v) is 8.21. The molecule has 0 aliphatic carbocycles. The Morgan fingerprint density at radius 3 is 2.85 bits per heavy atom. The first-order chi connectivity index (χ1) is 6.36. The third-order valence-electron chi connectivity index (χ3n) is 1.72. The molecule has 0 atom stereocenters. The number of nitrogens with one attached hydrogen (secondary N) is 1. The van der Waals surface area contributed by atoms with Gasteiger partial charge in [0.1, 0.15) is 0 Å². The van der Waals surface area contributed by atoms with Crippen LogP contribution in [-0.2, 0) is 17.9 Å². The smallest absolute Gasteiger partial charge is 0.0887 e. The average molecular weight is 180 g/mol. The van der Waals surface area contributed by atoms with E-state index in [2.05, 4.69) is 16.4 Å². The van der Waals surface area contributed by atoms with Gasteiger partial charge in [-0.2, -0.15) is 0 Å². The van der Waals surface area contributed by atoms with Crippen LogP contribution in [0.4, 0.5) is 0 Å². The minimum absolute atomic E-state index is 0.607. The molecule has 0 fully saturated rings. The molecule has 0 saturated heterocycles. The maximum atomic E-state index is 5.24. The summed E-state index contributed by atoms with van der Waals surface area (Å²) in [5.74, 6) is 0. The van der Waals surface area contributed by atoms with Crippen LogP contribution >= 0.6 is 0 Å². The molecule has 1 N–H and O–H groups in total. The molecular weight excluding hydrogens is 164 g/mol. The van der Waals surface area contributed by atoms with Crippen molar-refractivity contribution in [3.63, 3.8) is 0 Å². The Morgan fingerprint density at radius 1 is 1.46 bits per heavy atom. The molecule has 0 radical (unpaired) electrons. The van der Waals surface area contributed by atoms with Crippen molar-refractivity contribution in [2.24, 2.45) is 0 Å². The highest BCUT2D eigenvalue weighted by atomic mass is 16.5. The molecule has 0 aromatic carbocycles. The lowest BCUT2D eigenvalue weighted by molar-refractivity contribution is 0.131. The van der Waals surface area contributed by atoms with E-state index in [9.17, 15) is 0 Å². The number of nitrogens with zero attached hydrogens (tertiary/aromatic N) is 1. The fraction of sp³-hybridized carbons (Fsp3) is 0.500. The SMILES string of the molecule is CCOCc1ccc(CNC)cn1. The van der Waals surface area contributed by atoms with Crippen molar-refractivity contribution in [1.29, 1.82) is 0 Å². The normalized spacial score (nSPS) is 10.3. The van der Waals surface area contributed by atoms with Gasteiger partial charge < -0.3 is 10.1 Å². The fourth-order valence-corrected chi connectivity index (χ4v) is 1.06. The van der Waals surface area contributed by atoms with E-state index in [1.807, 2.05) is 26.2 Å². The summed E-state index contributed by atoms with van der Waals surface area (Å²) >= 11 is 0. The van der Waals surface area contributed by atoms with Gasteiger partial charge in [0.05, 0.1) is 12.3 Å². The number of rotatable bonds is 5. The standard InChI is InChI=1S/C10H16N2O/c1-3-13-8-10-5-4-9(6-11-2)7-12-10/h4-5,7,11H,3,6,8H2,1-2H3. The van der Waals surface area contributed by atoms with Gasteiger partial charge in [0.15, 0.2) is 0 Å². The summed E-state index contributed by atoms with van der Waals surface area (Å²) in [6, 6.07) is 4.07. The lowest BCUT2D eigenvalue weighted by Crippen LogP contribution is -2.05. The summed E-state index contributed by atoms with van der Waals surface area (Å²) in [5, 5.41) is 3.08. The summed E-state index contributed by atoms with van der Waals surface area (Å²) in [6.45, 7) is 4.19. The van der Waals surface area contributed by atoms with Crippen LogP contribution in [0.1, 0.15) is 18.2 Å². The molecule has 0 spiro atoms. The lowest BCUT2D eigenvalue weighted by atomic mass is 10.2. The van der Waals surface area contributed by atoms with Gasteiger partial charge in [-0.05, 0) is 25.6 Å². The van der Waals surface area contributed by atoms with E-state index >= 15 is 0 Å². The van der Waals surface area contributed by atoms with Crippen LogP contribution in [0.25, 0.3) is 0 Å². The van der Waals surface area contributed by atoms with E-state index in [0.29, 0.717) is 6.61 Å². The molecule has 3 nitrogen and oxygen atoms in total. The predicted octanol–water partition coefficient (Wildman–Crippen LogP) is 1.34. The first-order valence-corrected chi connectivity index (χ1v) is 4.53. The Labute approximate surface area is 79.1 Å². The van der Waals surface area contributed by atoms with E-state index in [1.165, 1.54) is 5.56 Å². The molecule has 0 saturated carbocycles. The summed E-state index contributed by atoms with van der Waals surface area (Å²) in [5.41, 5.74) is 2.18. The molecule has 3 heteroatoms. The molecule has 0 bridgehead atoms. The Balaban J connectivity index is 2.48. The Kier molecular flexibility index (Phi) is 4.43. The molecular formula is C10H16N2O. The molecule has 72 valence electrons. The minimum Gasteiger partial charge on any atom is -0.375 e. The second-order valence-electron chi connectivity index (χ2n) is 2.83. The second kappa shape index (κ2) is 5.67. The molecule has 0 aliphatic heterocycles. The molecule has 1 rings (SSSR count). The minimum atomic E-state index is 0.607. The number of ether oxygens (including phenoxy) is 1. The van der Waals surface area contributed by atoms with Crippen LogP contribution in [0.15, 0.2) is 18.3 Å². The molecule has 0 amide bonds. The molecule has 0 aliphatic rings. The summed E-state index contributed by atoms with van der Waals surface area (Å²) in [6.07, 6.45) is 1.88. The Hall–Kier alpha value is -0.930. The quantitative estimate of drug-likeness (QED) is 0.742.